The van der Waals surface area contributed by atoms with Crippen molar-refractivity contribution >= 4 is 46.0 Å². The number of aliphatic hydroxyl groups is 1. The van der Waals surface area contributed by atoms with E-state index >= 15 is 0 Å². The van der Waals surface area contributed by atoms with Gasteiger partial charge >= 0.3 is 11.9 Å². The Morgan fingerprint density at radius 3 is 2.24 bits per heavy atom. The number of carbonyl (C=O) groups is 2. The molecule has 0 aliphatic carbocycles. The van der Waals surface area contributed by atoms with Gasteiger partial charge in [-0.15, -0.1) is 0 Å². The largest absolute Gasteiger partial charge is 0.481 e. The summed E-state index contributed by atoms with van der Waals surface area (Å²) in [5.74, 6) is 0.296. The van der Waals surface area contributed by atoms with E-state index in [-0.39, 0.29) is 18.6 Å². The van der Waals surface area contributed by atoms with E-state index in [9.17, 15) is 19.8 Å². The Labute approximate surface area is 201 Å². The normalized spacial score (nSPS) is 17.6. The summed E-state index contributed by atoms with van der Waals surface area (Å²) in [6.07, 6.45) is 2.15. The number of aromatic nitrogens is 3. The molecular formula is C22H30N6O5S. The van der Waals surface area contributed by atoms with Crippen LogP contribution in [0.25, 0.3) is 0 Å². The fraction of sp³-hybridized carbons (Fsp3) is 0.591. The molecule has 34 heavy (non-hydrogen) atoms. The summed E-state index contributed by atoms with van der Waals surface area (Å²) in [5, 5.41) is 22.8. The molecule has 0 radical (unpaired) electrons. The Balaban J connectivity index is 1.59. The van der Waals surface area contributed by atoms with Gasteiger partial charge in [0.25, 0.3) is 0 Å². The molecule has 0 saturated carbocycles. The van der Waals surface area contributed by atoms with Crippen molar-refractivity contribution in [3.05, 3.63) is 16.6 Å². The van der Waals surface area contributed by atoms with Gasteiger partial charge < -0.3 is 24.7 Å². The van der Waals surface area contributed by atoms with E-state index in [0.717, 1.165) is 5.82 Å². The summed E-state index contributed by atoms with van der Waals surface area (Å²) in [6, 6.07) is 1.92. The van der Waals surface area contributed by atoms with E-state index in [2.05, 4.69) is 30.1 Å². The molecule has 2 aliphatic heterocycles. The molecule has 2 aromatic rings. The Morgan fingerprint density at radius 2 is 1.68 bits per heavy atom. The van der Waals surface area contributed by atoms with Crippen LogP contribution in [0, 0.1) is 12.8 Å². The number of piperidine rings is 2. The highest BCUT2D eigenvalue weighted by Crippen LogP contribution is 2.30. The number of nitrogens with zero attached hydrogens (tertiary/aromatic N) is 5. The molecule has 0 atom stereocenters. The predicted molar refractivity (Wildman–Crippen MR) is 128 cm³/mol. The second-order valence-electron chi connectivity index (χ2n) is 8.50. The summed E-state index contributed by atoms with van der Waals surface area (Å²) >= 11 is 1.19. The number of rotatable bonds is 7. The maximum absolute atomic E-state index is 12.2. The first kappa shape index (κ1) is 24.1. The molecule has 2 fully saturated rings. The lowest BCUT2D eigenvalue weighted by molar-refractivity contribution is -0.142. The number of aryl methyl sites for hydroxylation is 1. The smallest absolute Gasteiger partial charge is 0.350 e. The lowest BCUT2D eigenvalue weighted by Gasteiger charge is -2.33. The fourth-order valence-corrected chi connectivity index (χ4v) is 5.04. The quantitative estimate of drug-likeness (QED) is 0.493. The summed E-state index contributed by atoms with van der Waals surface area (Å²) in [5.41, 5.74) is 0.572. The van der Waals surface area contributed by atoms with Gasteiger partial charge in [-0.1, -0.05) is 11.3 Å². The standard InChI is InChI=1S/C22H30N6O5S/c1-3-33-20(32)18-13(2)23-22(34-18)26-21-24-16(27-8-4-14(5-9-27)19(30)31)12-17(25-21)28-10-6-15(29)7-11-28/h12,14-15,29H,3-11H2,1-2H3,(H,30,31)(H,23,24,25,26). The van der Waals surface area contributed by atoms with Crippen LogP contribution >= 0.6 is 11.3 Å². The van der Waals surface area contributed by atoms with Gasteiger partial charge in [0.15, 0.2) is 5.13 Å². The summed E-state index contributed by atoms with van der Waals surface area (Å²) < 4.78 is 5.10. The first-order valence-electron chi connectivity index (χ1n) is 11.6. The van der Waals surface area contributed by atoms with Crippen molar-refractivity contribution < 1.29 is 24.5 Å². The molecule has 0 bridgehead atoms. The van der Waals surface area contributed by atoms with Gasteiger partial charge in [-0.2, -0.15) is 9.97 Å². The predicted octanol–water partition coefficient (Wildman–Crippen LogP) is 2.42. The lowest BCUT2D eigenvalue weighted by Crippen LogP contribution is -2.38. The first-order chi connectivity index (χ1) is 16.3. The third-order valence-corrected chi connectivity index (χ3v) is 7.18. The summed E-state index contributed by atoms with van der Waals surface area (Å²) in [6.45, 7) is 6.35. The van der Waals surface area contributed by atoms with Crippen molar-refractivity contribution in [3.8, 4) is 0 Å². The highest BCUT2D eigenvalue weighted by atomic mass is 32.1. The highest BCUT2D eigenvalue weighted by molar-refractivity contribution is 7.17. The minimum Gasteiger partial charge on any atom is -0.481 e. The van der Waals surface area contributed by atoms with Crippen molar-refractivity contribution in [2.24, 2.45) is 5.92 Å². The van der Waals surface area contributed by atoms with E-state index in [1.54, 1.807) is 13.8 Å². The zero-order chi connectivity index (χ0) is 24.2. The number of anilines is 4. The monoisotopic (exact) mass is 490 g/mol. The van der Waals surface area contributed by atoms with E-state index in [1.165, 1.54) is 11.3 Å². The second-order valence-corrected chi connectivity index (χ2v) is 9.50. The van der Waals surface area contributed by atoms with Crippen LogP contribution in [-0.2, 0) is 9.53 Å². The maximum atomic E-state index is 12.2. The maximum Gasteiger partial charge on any atom is 0.350 e. The molecule has 2 aliphatic rings. The Hall–Kier alpha value is -2.99. The molecular weight excluding hydrogens is 460 g/mol. The summed E-state index contributed by atoms with van der Waals surface area (Å²) in [4.78, 5) is 41.9. The minimum absolute atomic E-state index is 0.288. The van der Waals surface area contributed by atoms with Gasteiger partial charge in [-0.3, -0.25) is 10.1 Å². The average molecular weight is 491 g/mol. The molecule has 0 aromatic carbocycles. The van der Waals surface area contributed by atoms with Gasteiger partial charge in [0.1, 0.15) is 16.5 Å². The van der Waals surface area contributed by atoms with Crippen molar-refractivity contribution in [1.29, 1.82) is 0 Å². The zero-order valence-electron chi connectivity index (χ0n) is 19.4. The third kappa shape index (κ3) is 5.55. The molecule has 2 aromatic heterocycles. The van der Waals surface area contributed by atoms with Crippen LogP contribution in [0.4, 0.5) is 22.7 Å². The Kier molecular flexibility index (Phi) is 7.47. The number of hydrogen-bond donors (Lipinski definition) is 3. The fourth-order valence-electron chi connectivity index (χ4n) is 4.18. The molecule has 0 unspecified atom stereocenters. The van der Waals surface area contributed by atoms with Crippen LogP contribution in [-0.4, -0.2) is 76.0 Å². The molecule has 0 amide bonds. The van der Waals surface area contributed by atoms with Crippen molar-refractivity contribution in [2.75, 3.05) is 47.9 Å². The number of carboxylic acids is 1. The molecule has 2 saturated heterocycles. The molecule has 184 valence electrons. The number of carboxylic acid groups (broad SMARTS) is 1. The lowest BCUT2D eigenvalue weighted by atomic mass is 9.97. The topological polar surface area (TPSA) is 141 Å². The number of nitrogens with one attached hydrogen (secondary N) is 1. The van der Waals surface area contributed by atoms with Crippen LogP contribution in [0.3, 0.4) is 0 Å². The van der Waals surface area contributed by atoms with Gasteiger partial charge in [0.05, 0.1) is 24.3 Å². The number of aliphatic hydroxyl groups excluding tert-OH is 1. The number of aliphatic carboxylic acids is 1. The van der Waals surface area contributed by atoms with Gasteiger partial charge in [0.2, 0.25) is 5.95 Å². The number of thiazole rings is 1. The Morgan fingerprint density at radius 1 is 1.09 bits per heavy atom. The number of esters is 1. The summed E-state index contributed by atoms with van der Waals surface area (Å²) in [7, 11) is 0. The number of carbonyl (C=O) groups excluding carboxylic acids is 1. The van der Waals surface area contributed by atoms with Gasteiger partial charge in [0, 0.05) is 32.2 Å². The number of ether oxygens (including phenoxy) is 1. The number of hydrogen-bond acceptors (Lipinski definition) is 11. The molecule has 3 N–H and O–H groups in total. The third-order valence-electron chi connectivity index (χ3n) is 6.13. The molecule has 12 heteroatoms. The van der Waals surface area contributed by atoms with Crippen LogP contribution in [0.1, 0.15) is 48.0 Å². The second kappa shape index (κ2) is 10.5. The van der Waals surface area contributed by atoms with Crippen LogP contribution in [0.15, 0.2) is 6.07 Å². The average Bonchev–Trinajstić information content (AvgIpc) is 3.19. The van der Waals surface area contributed by atoms with Crippen molar-refractivity contribution in [3.63, 3.8) is 0 Å². The van der Waals surface area contributed by atoms with Crippen molar-refractivity contribution in [2.45, 2.75) is 45.6 Å². The SMILES string of the molecule is CCOC(=O)c1sc(Nc2nc(N3CCC(O)CC3)cc(N3CCC(C(=O)O)CC3)n2)nc1C. The van der Waals surface area contributed by atoms with Crippen LogP contribution in [0.2, 0.25) is 0 Å². The zero-order valence-corrected chi connectivity index (χ0v) is 20.2. The minimum atomic E-state index is -0.756. The van der Waals surface area contributed by atoms with E-state index in [4.69, 9.17) is 4.74 Å². The van der Waals surface area contributed by atoms with E-state index in [0.29, 0.717) is 79.3 Å². The highest BCUT2D eigenvalue weighted by Gasteiger charge is 2.27. The molecule has 11 nitrogen and oxygen atoms in total. The molecule has 4 rings (SSSR count). The molecule has 0 spiro atoms. The van der Waals surface area contributed by atoms with E-state index < -0.39 is 11.9 Å². The van der Waals surface area contributed by atoms with Gasteiger partial charge in [-0.25, -0.2) is 9.78 Å². The van der Waals surface area contributed by atoms with Crippen LogP contribution in [0.5, 0.6) is 0 Å². The van der Waals surface area contributed by atoms with E-state index in [1.807, 2.05) is 6.07 Å². The Bertz CT molecular complexity index is 1030. The van der Waals surface area contributed by atoms with Crippen LogP contribution < -0.4 is 15.1 Å². The van der Waals surface area contributed by atoms with Crippen molar-refractivity contribution in [1.82, 2.24) is 15.0 Å². The first-order valence-corrected chi connectivity index (χ1v) is 12.4. The van der Waals surface area contributed by atoms with Gasteiger partial charge in [-0.05, 0) is 39.5 Å². The molecule has 4 heterocycles.